The van der Waals surface area contributed by atoms with Gasteiger partial charge >= 0.3 is 6.09 Å². The van der Waals surface area contributed by atoms with Gasteiger partial charge in [-0.15, -0.1) is 0 Å². The van der Waals surface area contributed by atoms with E-state index in [1.807, 2.05) is 81.6 Å². The molecule has 34 heavy (non-hydrogen) atoms. The average Bonchev–Trinajstić information content (AvgIpc) is 3.26. The molecule has 2 aromatic heterocycles. The van der Waals surface area contributed by atoms with Crippen LogP contribution in [0.4, 0.5) is 10.7 Å². The molecule has 0 aliphatic heterocycles. The van der Waals surface area contributed by atoms with Gasteiger partial charge in [-0.1, -0.05) is 41.0 Å². The number of carbonyl (C=O) groups excluding carboxylic acids is 1. The van der Waals surface area contributed by atoms with E-state index in [9.17, 15) is 4.79 Å². The van der Waals surface area contributed by atoms with Crippen LogP contribution in [0, 0.1) is 0 Å². The second-order valence-electron chi connectivity index (χ2n) is 9.07. The Morgan fingerprint density at radius 3 is 2.65 bits per heavy atom. The van der Waals surface area contributed by atoms with Crippen molar-refractivity contribution in [3.8, 4) is 11.3 Å². The minimum atomic E-state index is -0.585. The van der Waals surface area contributed by atoms with E-state index in [1.165, 1.54) is 0 Å². The number of nitrogens with zero attached hydrogens (tertiary/aromatic N) is 2. The maximum atomic E-state index is 12.4. The largest absolute Gasteiger partial charge is 0.444 e. The molecule has 7 nitrogen and oxygen atoms in total. The van der Waals surface area contributed by atoms with Crippen LogP contribution in [0.3, 0.4) is 0 Å². The quantitative estimate of drug-likeness (QED) is 0.334. The Bertz CT molecular complexity index is 1270. The van der Waals surface area contributed by atoms with Gasteiger partial charge in [-0.2, -0.15) is 0 Å². The number of rotatable bonds is 7. The van der Waals surface area contributed by atoms with Crippen LogP contribution in [0.1, 0.15) is 26.3 Å². The number of aromatic nitrogens is 2. The van der Waals surface area contributed by atoms with Gasteiger partial charge in [0, 0.05) is 41.0 Å². The summed E-state index contributed by atoms with van der Waals surface area (Å²) in [6.07, 6.45) is 3.70. The van der Waals surface area contributed by atoms with Gasteiger partial charge in [0.2, 0.25) is 5.88 Å². The van der Waals surface area contributed by atoms with Crippen molar-refractivity contribution in [3.05, 3.63) is 77.6 Å². The Kier molecular flexibility index (Phi) is 7.03. The molecule has 0 saturated heterocycles. The van der Waals surface area contributed by atoms with Crippen molar-refractivity contribution >= 4 is 34.4 Å². The number of pyridine rings is 1. The van der Waals surface area contributed by atoms with E-state index < -0.39 is 11.7 Å². The number of anilines is 1. The number of halogens is 1. The van der Waals surface area contributed by atoms with Gasteiger partial charge in [-0.25, -0.2) is 4.79 Å². The predicted molar refractivity (Wildman–Crippen MR) is 134 cm³/mol. The first-order valence-electron chi connectivity index (χ1n) is 11.0. The lowest BCUT2D eigenvalue weighted by molar-refractivity contribution is 0.0507. The lowest BCUT2D eigenvalue weighted by Gasteiger charge is -2.24. The van der Waals surface area contributed by atoms with Crippen molar-refractivity contribution in [1.82, 2.24) is 15.5 Å². The fraction of sp³-hybridized carbons (Fsp3) is 0.269. The molecule has 0 fully saturated rings. The summed E-state index contributed by atoms with van der Waals surface area (Å²) in [6.45, 7) is 5.91. The highest BCUT2D eigenvalue weighted by atomic mass is 35.5. The number of hydrogen-bond donors (Lipinski definition) is 2. The summed E-state index contributed by atoms with van der Waals surface area (Å²) < 4.78 is 10.9. The maximum Gasteiger partial charge on any atom is 0.407 e. The molecular formula is C26H27ClN4O3. The molecule has 2 N–H and O–H groups in total. The second kappa shape index (κ2) is 10.1. The molecule has 0 aliphatic carbocycles. The van der Waals surface area contributed by atoms with E-state index in [0.717, 1.165) is 27.6 Å². The minimum Gasteiger partial charge on any atom is -0.444 e. The smallest absolute Gasteiger partial charge is 0.407 e. The van der Waals surface area contributed by atoms with Crippen LogP contribution in [0.2, 0.25) is 5.02 Å². The highest BCUT2D eigenvalue weighted by Crippen LogP contribution is 2.25. The molecule has 0 radical (unpaired) electrons. The Morgan fingerprint density at radius 2 is 1.88 bits per heavy atom. The molecule has 0 spiro atoms. The van der Waals surface area contributed by atoms with E-state index in [1.54, 1.807) is 6.20 Å². The van der Waals surface area contributed by atoms with E-state index in [2.05, 4.69) is 20.8 Å². The fourth-order valence-electron chi connectivity index (χ4n) is 3.51. The molecular weight excluding hydrogens is 452 g/mol. The van der Waals surface area contributed by atoms with Crippen molar-refractivity contribution in [2.24, 2.45) is 0 Å². The van der Waals surface area contributed by atoms with Gasteiger partial charge in [0.25, 0.3) is 0 Å². The van der Waals surface area contributed by atoms with Crippen LogP contribution in [-0.4, -0.2) is 34.4 Å². The van der Waals surface area contributed by atoms with Crippen LogP contribution < -0.4 is 10.6 Å². The zero-order valence-corrected chi connectivity index (χ0v) is 20.1. The third-order valence-electron chi connectivity index (χ3n) is 5.09. The molecule has 1 atom stereocenters. The van der Waals surface area contributed by atoms with Gasteiger partial charge in [-0.3, -0.25) is 4.98 Å². The summed E-state index contributed by atoms with van der Waals surface area (Å²) in [7, 11) is 0. The molecule has 4 rings (SSSR count). The molecule has 0 aliphatic rings. The van der Waals surface area contributed by atoms with Crippen LogP contribution in [0.25, 0.3) is 22.0 Å². The number of alkyl carbamates (subject to hydrolysis) is 1. The van der Waals surface area contributed by atoms with Crippen molar-refractivity contribution in [2.45, 2.75) is 38.8 Å². The lowest BCUT2D eigenvalue weighted by atomic mass is 10.1. The van der Waals surface area contributed by atoms with Crippen LogP contribution in [0.5, 0.6) is 0 Å². The number of ether oxygens (including phenoxy) is 1. The van der Waals surface area contributed by atoms with E-state index in [4.69, 9.17) is 20.9 Å². The van der Waals surface area contributed by atoms with Crippen molar-refractivity contribution < 1.29 is 14.1 Å². The summed E-state index contributed by atoms with van der Waals surface area (Å²) in [5, 5.41) is 13.2. The van der Waals surface area contributed by atoms with Crippen molar-refractivity contribution in [3.63, 3.8) is 0 Å². The first kappa shape index (κ1) is 23.6. The molecule has 176 valence electrons. The highest BCUT2D eigenvalue weighted by Gasteiger charge is 2.20. The van der Waals surface area contributed by atoms with E-state index in [0.29, 0.717) is 23.9 Å². The summed E-state index contributed by atoms with van der Waals surface area (Å²) in [5.74, 6) is 0.511. The molecule has 0 saturated carbocycles. The number of amides is 1. The number of nitrogens with one attached hydrogen (secondary N) is 2. The zero-order chi connectivity index (χ0) is 24.1. The molecule has 2 heterocycles. The molecule has 1 amide bonds. The summed E-state index contributed by atoms with van der Waals surface area (Å²) in [6, 6.07) is 17.1. The first-order valence-corrected chi connectivity index (χ1v) is 11.4. The van der Waals surface area contributed by atoms with Crippen LogP contribution in [-0.2, 0) is 11.2 Å². The monoisotopic (exact) mass is 478 g/mol. The summed E-state index contributed by atoms with van der Waals surface area (Å²) in [5.41, 5.74) is 2.12. The normalized spacial score (nSPS) is 12.4. The highest BCUT2D eigenvalue weighted by molar-refractivity contribution is 6.30. The van der Waals surface area contributed by atoms with Crippen LogP contribution in [0.15, 0.2) is 71.5 Å². The van der Waals surface area contributed by atoms with E-state index in [-0.39, 0.29) is 6.04 Å². The van der Waals surface area contributed by atoms with Gasteiger partial charge in [-0.05, 0) is 62.4 Å². The van der Waals surface area contributed by atoms with Crippen molar-refractivity contribution in [1.29, 1.82) is 0 Å². The third-order valence-corrected chi connectivity index (χ3v) is 5.34. The Morgan fingerprint density at radius 1 is 1.09 bits per heavy atom. The predicted octanol–water partition coefficient (Wildman–Crippen LogP) is 6.09. The third kappa shape index (κ3) is 6.48. The number of fused-ring (bicyclic) bond motifs is 1. The number of benzene rings is 2. The maximum absolute atomic E-state index is 12.4. The molecule has 8 heteroatoms. The first-order chi connectivity index (χ1) is 16.2. The number of carbonyl (C=O) groups is 1. The second-order valence-corrected chi connectivity index (χ2v) is 9.51. The Hall–Kier alpha value is -3.58. The summed E-state index contributed by atoms with van der Waals surface area (Å²) >= 11 is 6.01. The molecule has 2 aromatic carbocycles. The standard InChI is InChI=1S/C26H27ClN4O3/c1-26(2,3)33-25(32)30-22(12-17-4-8-21(27)9-5-17)16-29-24-14-23(31-34-24)19-6-7-20-15-28-11-10-18(20)13-19/h4-11,13-15,22,29H,12,16H2,1-3H3,(H,30,32)/t22-/m0/s1. The Labute approximate surface area is 203 Å². The van der Waals surface area contributed by atoms with Gasteiger partial charge in [0.1, 0.15) is 11.3 Å². The SMILES string of the molecule is CC(C)(C)OC(=O)N[C@H](CNc1cc(-c2ccc3cnccc3c2)no1)Cc1ccc(Cl)cc1. The van der Waals surface area contributed by atoms with Crippen LogP contribution >= 0.6 is 11.6 Å². The average molecular weight is 479 g/mol. The molecule has 4 aromatic rings. The molecule has 0 unspecified atom stereocenters. The zero-order valence-electron chi connectivity index (χ0n) is 19.3. The topological polar surface area (TPSA) is 89.3 Å². The van der Waals surface area contributed by atoms with Crippen molar-refractivity contribution in [2.75, 3.05) is 11.9 Å². The van der Waals surface area contributed by atoms with E-state index >= 15 is 0 Å². The van der Waals surface area contributed by atoms with Gasteiger partial charge in [0.15, 0.2) is 0 Å². The number of hydrogen-bond acceptors (Lipinski definition) is 6. The minimum absolute atomic E-state index is 0.252. The lowest BCUT2D eigenvalue weighted by Crippen LogP contribution is -2.43. The van der Waals surface area contributed by atoms with Gasteiger partial charge < -0.3 is 19.9 Å². The van der Waals surface area contributed by atoms with Gasteiger partial charge in [0.05, 0.1) is 6.04 Å². The summed E-state index contributed by atoms with van der Waals surface area (Å²) in [4.78, 5) is 16.5. The fourth-order valence-corrected chi connectivity index (χ4v) is 3.64. The Balaban J connectivity index is 1.45. The molecule has 0 bridgehead atoms.